The number of benzene rings is 2. The number of hydrogen-bond donors (Lipinski definition) is 1. The van der Waals surface area contributed by atoms with Crippen molar-refractivity contribution in [3.05, 3.63) is 65.7 Å². The number of nitrogens with one attached hydrogen (secondary N) is 1. The Morgan fingerprint density at radius 3 is 2.30 bits per heavy atom. The first kappa shape index (κ1) is 16.0. The van der Waals surface area contributed by atoms with E-state index in [1.54, 1.807) is 0 Å². The van der Waals surface area contributed by atoms with Gasteiger partial charge in [-0.15, -0.1) is 0 Å². The Hall–Kier alpha value is -1.84. The Kier molecular flexibility index (Phi) is 5.67. The van der Waals surface area contributed by atoms with Crippen LogP contribution in [0.25, 0.3) is 0 Å². The molecule has 1 aliphatic rings. The fraction of sp³-hybridized carbons (Fsp3) is 0.400. The lowest BCUT2D eigenvalue weighted by Crippen LogP contribution is -2.52. The highest BCUT2D eigenvalue weighted by Gasteiger charge is 2.18. The van der Waals surface area contributed by atoms with Crippen molar-refractivity contribution >= 4 is 5.69 Å². The van der Waals surface area contributed by atoms with Crippen molar-refractivity contribution in [2.45, 2.75) is 19.8 Å². The van der Waals surface area contributed by atoms with Gasteiger partial charge in [-0.1, -0.05) is 55.5 Å². The van der Waals surface area contributed by atoms with Gasteiger partial charge in [-0.3, -0.25) is 5.43 Å². The third kappa shape index (κ3) is 4.34. The summed E-state index contributed by atoms with van der Waals surface area (Å²) in [6, 6.07) is 19.6. The number of hydrogen-bond acceptors (Lipinski definition) is 3. The van der Waals surface area contributed by atoms with Gasteiger partial charge in [0.25, 0.3) is 0 Å². The lowest BCUT2D eigenvalue weighted by atomic mass is 10.0. The van der Waals surface area contributed by atoms with Crippen molar-refractivity contribution in [3.63, 3.8) is 0 Å². The van der Waals surface area contributed by atoms with Crippen molar-refractivity contribution in [1.29, 1.82) is 0 Å². The predicted octanol–water partition coefficient (Wildman–Crippen LogP) is 3.31. The zero-order valence-corrected chi connectivity index (χ0v) is 14.0. The molecule has 3 rings (SSSR count). The minimum absolute atomic E-state index is 1.01. The van der Waals surface area contributed by atoms with Gasteiger partial charge in [-0.25, -0.2) is 5.01 Å². The summed E-state index contributed by atoms with van der Waals surface area (Å²) in [5.74, 6) is 0. The van der Waals surface area contributed by atoms with Gasteiger partial charge in [0.15, 0.2) is 0 Å². The van der Waals surface area contributed by atoms with Crippen LogP contribution < -0.4 is 10.3 Å². The van der Waals surface area contributed by atoms with E-state index >= 15 is 0 Å². The lowest BCUT2D eigenvalue weighted by Gasteiger charge is -2.37. The molecule has 1 saturated heterocycles. The van der Waals surface area contributed by atoms with Crippen LogP contribution in [0.4, 0.5) is 5.69 Å². The normalized spacial score (nSPS) is 15.8. The number of nitrogens with zero attached hydrogens (tertiary/aromatic N) is 2. The molecule has 0 amide bonds. The summed E-state index contributed by atoms with van der Waals surface area (Å²) in [4.78, 5) is 2.53. The predicted molar refractivity (Wildman–Crippen MR) is 97.8 cm³/mol. The fourth-order valence-corrected chi connectivity index (χ4v) is 3.16. The summed E-state index contributed by atoms with van der Waals surface area (Å²) in [5.41, 5.74) is 7.70. The Bertz CT molecular complexity index is 589. The summed E-state index contributed by atoms with van der Waals surface area (Å²) in [7, 11) is 0. The van der Waals surface area contributed by atoms with Gasteiger partial charge in [0.2, 0.25) is 0 Å². The minimum Gasteiger partial charge on any atom is -0.369 e. The number of hydrazine groups is 1. The highest BCUT2D eigenvalue weighted by Crippen LogP contribution is 2.24. The van der Waals surface area contributed by atoms with Crippen LogP contribution in [0.2, 0.25) is 0 Å². The molecule has 3 heteroatoms. The summed E-state index contributed by atoms with van der Waals surface area (Å²) in [6.45, 7) is 7.62. The molecular formula is C20H27N3. The molecule has 0 radical (unpaired) electrons. The molecule has 0 aromatic heterocycles. The van der Waals surface area contributed by atoms with Crippen molar-refractivity contribution in [2.24, 2.45) is 0 Å². The van der Waals surface area contributed by atoms with E-state index in [1.165, 1.54) is 23.2 Å². The van der Waals surface area contributed by atoms with Crippen LogP contribution >= 0.6 is 0 Å². The van der Waals surface area contributed by atoms with Crippen molar-refractivity contribution in [3.8, 4) is 0 Å². The molecule has 0 aliphatic carbocycles. The molecule has 2 aromatic carbocycles. The first-order valence-corrected chi connectivity index (χ1v) is 8.72. The van der Waals surface area contributed by atoms with Gasteiger partial charge >= 0.3 is 0 Å². The van der Waals surface area contributed by atoms with Crippen LogP contribution in [0.1, 0.15) is 24.5 Å². The molecule has 1 N–H and O–H groups in total. The van der Waals surface area contributed by atoms with E-state index in [0.29, 0.717) is 0 Å². The average Bonchev–Trinajstić information content (AvgIpc) is 2.62. The standard InChI is InChI=1S/C20H27N3/c1-2-12-21-23-15-13-22(14-16-23)20-11-7-6-10-19(20)17-18-8-4-3-5-9-18/h3-11,21H,2,12-17H2,1H3. The van der Waals surface area contributed by atoms with Gasteiger partial charge in [-0.2, -0.15) is 0 Å². The molecule has 1 aliphatic heterocycles. The lowest BCUT2D eigenvalue weighted by molar-refractivity contribution is 0.177. The van der Waals surface area contributed by atoms with Crippen LogP contribution in [-0.4, -0.2) is 37.7 Å². The number of rotatable bonds is 6. The zero-order valence-electron chi connectivity index (χ0n) is 14.0. The third-order valence-corrected chi connectivity index (χ3v) is 4.43. The van der Waals surface area contributed by atoms with Crippen LogP contribution in [-0.2, 0) is 6.42 Å². The molecule has 23 heavy (non-hydrogen) atoms. The van der Waals surface area contributed by atoms with Gasteiger partial charge in [0, 0.05) is 38.4 Å². The van der Waals surface area contributed by atoms with Gasteiger partial charge < -0.3 is 4.90 Å². The van der Waals surface area contributed by atoms with Gasteiger partial charge in [0.05, 0.1) is 0 Å². The summed E-state index contributed by atoms with van der Waals surface area (Å²) >= 11 is 0. The average molecular weight is 309 g/mol. The quantitative estimate of drug-likeness (QED) is 0.883. The maximum atomic E-state index is 3.50. The molecule has 0 atom stereocenters. The second-order valence-corrected chi connectivity index (χ2v) is 6.17. The van der Waals surface area contributed by atoms with E-state index < -0.39 is 0 Å². The van der Waals surface area contributed by atoms with Crippen molar-refractivity contribution in [2.75, 3.05) is 37.6 Å². The Morgan fingerprint density at radius 2 is 1.57 bits per heavy atom. The van der Waals surface area contributed by atoms with Crippen LogP contribution in [0.15, 0.2) is 54.6 Å². The molecule has 0 saturated carbocycles. The molecule has 1 fully saturated rings. The van der Waals surface area contributed by atoms with E-state index in [4.69, 9.17) is 0 Å². The number of anilines is 1. The van der Waals surface area contributed by atoms with E-state index in [0.717, 1.165) is 39.1 Å². The van der Waals surface area contributed by atoms with Gasteiger partial charge in [-0.05, 0) is 30.0 Å². The molecule has 3 nitrogen and oxygen atoms in total. The van der Waals surface area contributed by atoms with Crippen molar-refractivity contribution < 1.29 is 0 Å². The fourth-order valence-electron chi connectivity index (χ4n) is 3.16. The van der Waals surface area contributed by atoms with E-state index in [2.05, 4.69) is 76.9 Å². The number of para-hydroxylation sites is 1. The molecule has 0 unspecified atom stereocenters. The maximum Gasteiger partial charge on any atom is 0.0403 e. The minimum atomic E-state index is 1.01. The van der Waals surface area contributed by atoms with E-state index in [-0.39, 0.29) is 0 Å². The summed E-state index contributed by atoms with van der Waals surface area (Å²) in [6.07, 6.45) is 2.19. The van der Waals surface area contributed by atoms with Crippen molar-refractivity contribution in [1.82, 2.24) is 10.4 Å². The molecule has 0 spiro atoms. The maximum absolute atomic E-state index is 3.50. The van der Waals surface area contributed by atoms with Gasteiger partial charge in [0.1, 0.15) is 0 Å². The monoisotopic (exact) mass is 309 g/mol. The molecule has 0 bridgehead atoms. The van der Waals surface area contributed by atoms with E-state index in [9.17, 15) is 0 Å². The number of piperazine rings is 1. The summed E-state index contributed by atoms with van der Waals surface area (Å²) < 4.78 is 0. The second kappa shape index (κ2) is 8.14. The Balaban J connectivity index is 1.67. The first-order chi connectivity index (χ1) is 11.4. The Morgan fingerprint density at radius 1 is 0.870 bits per heavy atom. The Labute approximate surface area is 139 Å². The first-order valence-electron chi connectivity index (χ1n) is 8.72. The molecule has 1 heterocycles. The third-order valence-electron chi connectivity index (χ3n) is 4.43. The van der Waals surface area contributed by atoms with Crippen LogP contribution in [0.5, 0.6) is 0 Å². The zero-order chi connectivity index (χ0) is 15.9. The second-order valence-electron chi connectivity index (χ2n) is 6.17. The molecule has 122 valence electrons. The largest absolute Gasteiger partial charge is 0.369 e. The SMILES string of the molecule is CCCNN1CCN(c2ccccc2Cc2ccccc2)CC1. The van der Waals surface area contributed by atoms with Crippen LogP contribution in [0.3, 0.4) is 0 Å². The highest BCUT2D eigenvalue weighted by atomic mass is 15.5. The molecule has 2 aromatic rings. The topological polar surface area (TPSA) is 18.5 Å². The molecular weight excluding hydrogens is 282 g/mol. The smallest absolute Gasteiger partial charge is 0.0403 e. The highest BCUT2D eigenvalue weighted by molar-refractivity contribution is 5.55. The van der Waals surface area contributed by atoms with Crippen LogP contribution in [0, 0.1) is 0 Å². The van der Waals surface area contributed by atoms with E-state index in [1.807, 2.05) is 0 Å². The summed E-state index contributed by atoms with van der Waals surface area (Å²) in [5, 5.41) is 2.36.